The Hall–Kier alpha value is -2.49. The van der Waals surface area contributed by atoms with Crippen LogP contribution in [0, 0.1) is 5.82 Å². The normalized spacial score (nSPS) is 13.2. The minimum atomic E-state index is -0.300. The maximum atomic E-state index is 12.8. The van der Waals surface area contributed by atoms with E-state index in [1.807, 2.05) is 12.1 Å². The third kappa shape index (κ3) is 4.75. The zero-order valence-corrected chi connectivity index (χ0v) is 14.2. The summed E-state index contributed by atoms with van der Waals surface area (Å²) in [5, 5.41) is 2.76. The highest BCUT2D eigenvalue weighted by Crippen LogP contribution is 2.22. The smallest absolute Gasteiger partial charge is 0.220 e. The number of carbonyl (C=O) groups is 2. The lowest BCUT2D eigenvalue weighted by atomic mass is 9.89. The van der Waals surface area contributed by atoms with E-state index >= 15 is 0 Å². The molecule has 2 aromatic rings. The number of carbonyl (C=O) groups excluding carboxylic acids is 2. The molecule has 1 aliphatic rings. The first-order valence-electron chi connectivity index (χ1n) is 8.78. The number of hydrogen-bond acceptors (Lipinski definition) is 2. The maximum absolute atomic E-state index is 12.8. The molecule has 0 saturated heterocycles. The van der Waals surface area contributed by atoms with Crippen LogP contribution in [0.3, 0.4) is 0 Å². The molecule has 1 N–H and O–H groups in total. The summed E-state index contributed by atoms with van der Waals surface area (Å²) in [6, 6.07) is 11.9. The molecule has 0 spiro atoms. The highest BCUT2D eigenvalue weighted by molar-refractivity contribution is 5.98. The topological polar surface area (TPSA) is 46.2 Å². The lowest BCUT2D eigenvalue weighted by Gasteiger charge is -2.16. The Morgan fingerprint density at radius 1 is 0.920 bits per heavy atom. The Morgan fingerprint density at radius 2 is 1.64 bits per heavy atom. The third-order valence-electron chi connectivity index (χ3n) is 4.65. The molecule has 3 nitrogen and oxygen atoms in total. The van der Waals surface area contributed by atoms with Gasteiger partial charge in [0.2, 0.25) is 5.91 Å². The van der Waals surface area contributed by atoms with Gasteiger partial charge in [0.15, 0.2) is 5.78 Å². The highest BCUT2D eigenvalue weighted by atomic mass is 19.1. The molecule has 0 fully saturated rings. The summed E-state index contributed by atoms with van der Waals surface area (Å²) in [5.41, 5.74) is 4.15. The van der Waals surface area contributed by atoms with Gasteiger partial charge >= 0.3 is 0 Å². The first-order valence-corrected chi connectivity index (χ1v) is 8.78. The standard InChI is InChI=1S/C21H22FNO2/c22-19-9-5-15(6-10-19)14-23-21(25)12-11-20(24)18-8-7-16-3-1-2-4-17(16)13-18/h5-10,13H,1-4,11-12,14H2,(H,23,25). The predicted molar refractivity (Wildman–Crippen MR) is 94.9 cm³/mol. The third-order valence-corrected chi connectivity index (χ3v) is 4.65. The maximum Gasteiger partial charge on any atom is 0.220 e. The van der Waals surface area contributed by atoms with Crippen LogP contribution in [-0.2, 0) is 24.2 Å². The molecular formula is C21H22FNO2. The minimum Gasteiger partial charge on any atom is -0.352 e. The van der Waals surface area contributed by atoms with Gasteiger partial charge in [0.25, 0.3) is 0 Å². The molecular weight excluding hydrogens is 317 g/mol. The summed E-state index contributed by atoms with van der Waals surface area (Å²) in [6.45, 7) is 0.339. The van der Waals surface area contributed by atoms with Crippen LogP contribution in [0.2, 0.25) is 0 Å². The number of benzene rings is 2. The summed E-state index contributed by atoms with van der Waals surface area (Å²) >= 11 is 0. The van der Waals surface area contributed by atoms with Crippen LogP contribution in [0.5, 0.6) is 0 Å². The van der Waals surface area contributed by atoms with Crippen molar-refractivity contribution in [3.8, 4) is 0 Å². The Bertz CT molecular complexity index is 768. The molecule has 0 aliphatic heterocycles. The molecule has 1 aliphatic carbocycles. The Morgan fingerprint density at radius 3 is 2.40 bits per heavy atom. The quantitative estimate of drug-likeness (QED) is 0.809. The molecule has 0 saturated carbocycles. The van der Waals surface area contributed by atoms with E-state index in [4.69, 9.17) is 0 Å². The van der Waals surface area contributed by atoms with Crippen LogP contribution in [0.1, 0.15) is 52.7 Å². The molecule has 0 bridgehead atoms. The van der Waals surface area contributed by atoms with Crippen molar-refractivity contribution in [2.45, 2.75) is 45.1 Å². The summed E-state index contributed by atoms with van der Waals surface area (Å²) in [5.74, 6) is -0.466. The number of nitrogens with one attached hydrogen (secondary N) is 1. The van der Waals surface area contributed by atoms with Gasteiger partial charge in [-0.2, -0.15) is 0 Å². The van der Waals surface area contributed by atoms with Gasteiger partial charge in [0, 0.05) is 24.9 Å². The first-order chi connectivity index (χ1) is 12.1. The van der Waals surface area contributed by atoms with Crippen LogP contribution < -0.4 is 5.32 Å². The van der Waals surface area contributed by atoms with E-state index in [9.17, 15) is 14.0 Å². The fourth-order valence-electron chi connectivity index (χ4n) is 3.17. The molecule has 0 heterocycles. The number of hydrogen-bond donors (Lipinski definition) is 1. The number of fused-ring (bicyclic) bond motifs is 1. The molecule has 0 radical (unpaired) electrons. The number of rotatable bonds is 6. The zero-order valence-electron chi connectivity index (χ0n) is 14.2. The van der Waals surface area contributed by atoms with E-state index < -0.39 is 0 Å². The van der Waals surface area contributed by atoms with Gasteiger partial charge in [-0.15, -0.1) is 0 Å². The van der Waals surface area contributed by atoms with Crippen molar-refractivity contribution in [2.75, 3.05) is 0 Å². The van der Waals surface area contributed by atoms with Gasteiger partial charge < -0.3 is 5.32 Å². The molecule has 25 heavy (non-hydrogen) atoms. The van der Waals surface area contributed by atoms with Gasteiger partial charge in [-0.25, -0.2) is 4.39 Å². The van der Waals surface area contributed by atoms with E-state index in [-0.39, 0.29) is 30.3 Å². The van der Waals surface area contributed by atoms with Gasteiger partial charge in [0.1, 0.15) is 5.82 Å². The second-order valence-corrected chi connectivity index (χ2v) is 6.52. The van der Waals surface area contributed by atoms with Gasteiger partial charge in [0.05, 0.1) is 0 Å². The average Bonchev–Trinajstić information content (AvgIpc) is 2.65. The van der Waals surface area contributed by atoms with Crippen molar-refractivity contribution >= 4 is 11.7 Å². The van der Waals surface area contributed by atoms with Crippen LogP contribution in [0.25, 0.3) is 0 Å². The van der Waals surface area contributed by atoms with E-state index in [0.29, 0.717) is 12.1 Å². The second-order valence-electron chi connectivity index (χ2n) is 6.52. The monoisotopic (exact) mass is 339 g/mol. The number of halogens is 1. The highest BCUT2D eigenvalue weighted by Gasteiger charge is 2.14. The molecule has 1 amide bonds. The average molecular weight is 339 g/mol. The first kappa shape index (κ1) is 17.3. The molecule has 130 valence electrons. The molecule has 3 rings (SSSR count). The molecule has 0 aromatic heterocycles. The number of aryl methyl sites for hydroxylation is 2. The fourth-order valence-corrected chi connectivity index (χ4v) is 3.17. The van der Waals surface area contributed by atoms with Crippen LogP contribution in [0.15, 0.2) is 42.5 Å². The van der Waals surface area contributed by atoms with Crippen LogP contribution in [0.4, 0.5) is 4.39 Å². The number of amides is 1. The van der Waals surface area contributed by atoms with Crippen molar-refractivity contribution in [3.63, 3.8) is 0 Å². The van der Waals surface area contributed by atoms with Crippen molar-refractivity contribution < 1.29 is 14.0 Å². The van der Waals surface area contributed by atoms with Crippen molar-refractivity contribution in [2.24, 2.45) is 0 Å². The number of ketones is 1. The SMILES string of the molecule is O=C(CCC(=O)c1ccc2c(c1)CCCC2)NCc1ccc(F)cc1. The van der Waals surface area contributed by atoms with E-state index in [1.165, 1.54) is 36.1 Å². The second kappa shape index (κ2) is 8.06. The molecule has 4 heteroatoms. The Kier molecular flexibility index (Phi) is 5.59. The Balaban J connectivity index is 1.48. The summed E-state index contributed by atoms with van der Waals surface area (Å²) in [4.78, 5) is 24.2. The molecule has 0 atom stereocenters. The predicted octanol–water partition coefficient (Wildman–Crippen LogP) is 3.98. The zero-order chi connectivity index (χ0) is 17.6. The van der Waals surface area contributed by atoms with E-state index in [2.05, 4.69) is 11.4 Å². The van der Waals surface area contributed by atoms with Gasteiger partial charge in [-0.1, -0.05) is 24.3 Å². The lowest BCUT2D eigenvalue weighted by molar-refractivity contribution is -0.121. The van der Waals surface area contributed by atoms with E-state index in [1.54, 1.807) is 12.1 Å². The molecule has 2 aromatic carbocycles. The summed E-state index contributed by atoms with van der Waals surface area (Å²) in [6.07, 6.45) is 4.89. The van der Waals surface area contributed by atoms with Gasteiger partial charge in [-0.05, 0) is 60.6 Å². The number of Topliss-reactive ketones (excluding diaryl/α,β-unsaturated/α-hetero) is 1. The Labute approximate surface area is 147 Å². The minimum absolute atomic E-state index is 0.00491. The largest absolute Gasteiger partial charge is 0.352 e. The lowest BCUT2D eigenvalue weighted by Crippen LogP contribution is -2.23. The fraction of sp³-hybridized carbons (Fsp3) is 0.333. The van der Waals surface area contributed by atoms with E-state index in [0.717, 1.165) is 18.4 Å². The van der Waals surface area contributed by atoms with Crippen molar-refractivity contribution in [1.29, 1.82) is 0 Å². The van der Waals surface area contributed by atoms with Crippen molar-refractivity contribution in [3.05, 3.63) is 70.5 Å². The van der Waals surface area contributed by atoms with Crippen molar-refractivity contribution in [1.82, 2.24) is 5.32 Å². The summed E-state index contributed by atoms with van der Waals surface area (Å²) < 4.78 is 12.8. The van der Waals surface area contributed by atoms with Crippen LogP contribution in [-0.4, -0.2) is 11.7 Å². The van der Waals surface area contributed by atoms with Gasteiger partial charge in [-0.3, -0.25) is 9.59 Å². The molecule has 0 unspecified atom stereocenters. The van der Waals surface area contributed by atoms with Crippen LogP contribution >= 0.6 is 0 Å². The summed E-state index contributed by atoms with van der Waals surface area (Å²) in [7, 11) is 0.